The summed E-state index contributed by atoms with van der Waals surface area (Å²) in [6.07, 6.45) is 5.99. The molecule has 1 aromatic carbocycles. The highest BCUT2D eigenvalue weighted by Crippen LogP contribution is 2.37. The zero-order valence-electron chi connectivity index (χ0n) is 19.0. The minimum atomic E-state index is -3.83. The van der Waals surface area contributed by atoms with Crippen molar-refractivity contribution in [2.24, 2.45) is 5.92 Å². The summed E-state index contributed by atoms with van der Waals surface area (Å²) in [5.41, 5.74) is 1.43. The zero-order chi connectivity index (χ0) is 23.6. The molecule has 8 nitrogen and oxygen atoms in total. The normalized spacial score (nSPS) is 21.8. The first kappa shape index (κ1) is 24.1. The second-order valence-electron chi connectivity index (χ2n) is 8.90. The zero-order valence-corrected chi connectivity index (χ0v) is 20.6. The van der Waals surface area contributed by atoms with Crippen molar-refractivity contribution < 1.29 is 23.1 Å². The summed E-state index contributed by atoms with van der Waals surface area (Å²) in [5, 5.41) is 13.2. The maximum atomic E-state index is 13.2. The van der Waals surface area contributed by atoms with Crippen LogP contribution in [0.3, 0.4) is 0 Å². The van der Waals surface area contributed by atoms with E-state index >= 15 is 0 Å². The van der Waals surface area contributed by atoms with Crippen molar-refractivity contribution in [1.82, 2.24) is 9.71 Å². The standard InChI is InChI=1S/C23H31N3O5S2/c1-14-21(32-23(24-14)25-22(28)15-5-3-4-6-15)16-7-12-19(31-2)20(13-16)33(29,30)26-17-8-10-18(27)11-9-17/h7,12-13,15,17-18,26-27H,3-6,8-11H2,1-2H3,(H,24,25,28)/t17-,18-. The number of amides is 1. The number of ether oxygens (including phenoxy) is 1. The molecule has 2 saturated carbocycles. The summed E-state index contributed by atoms with van der Waals surface area (Å²) >= 11 is 1.34. The number of carbonyl (C=O) groups is 1. The lowest BCUT2D eigenvalue weighted by molar-refractivity contribution is -0.119. The molecule has 1 amide bonds. The number of nitrogens with zero attached hydrogens (tertiary/aromatic N) is 1. The highest BCUT2D eigenvalue weighted by Gasteiger charge is 2.28. The molecule has 0 atom stereocenters. The lowest BCUT2D eigenvalue weighted by Gasteiger charge is -2.26. The van der Waals surface area contributed by atoms with E-state index in [9.17, 15) is 18.3 Å². The lowest BCUT2D eigenvalue weighted by Crippen LogP contribution is -2.38. The highest BCUT2D eigenvalue weighted by molar-refractivity contribution is 7.89. The molecule has 2 aromatic rings. The van der Waals surface area contributed by atoms with Crippen molar-refractivity contribution in [3.8, 4) is 16.2 Å². The number of aromatic nitrogens is 1. The fourth-order valence-electron chi connectivity index (χ4n) is 4.62. The molecule has 0 spiro atoms. The van der Waals surface area contributed by atoms with Crippen LogP contribution in [0.5, 0.6) is 5.75 Å². The van der Waals surface area contributed by atoms with Gasteiger partial charge in [-0.05, 0) is 69.2 Å². The van der Waals surface area contributed by atoms with Gasteiger partial charge in [-0.2, -0.15) is 0 Å². The smallest absolute Gasteiger partial charge is 0.244 e. The van der Waals surface area contributed by atoms with Gasteiger partial charge in [0, 0.05) is 12.0 Å². The lowest BCUT2D eigenvalue weighted by atomic mass is 9.94. The van der Waals surface area contributed by atoms with Gasteiger partial charge in [0.15, 0.2) is 5.13 Å². The minimum absolute atomic E-state index is 0.00704. The topological polar surface area (TPSA) is 118 Å². The predicted octanol–water partition coefficient (Wildman–Crippen LogP) is 3.84. The first-order valence-electron chi connectivity index (χ1n) is 11.4. The Morgan fingerprint density at radius 3 is 2.52 bits per heavy atom. The number of carbonyl (C=O) groups excluding carboxylic acids is 1. The second-order valence-corrected chi connectivity index (χ2v) is 11.6. The fourth-order valence-corrected chi connectivity index (χ4v) is 7.08. The predicted molar refractivity (Wildman–Crippen MR) is 128 cm³/mol. The molecule has 0 aliphatic heterocycles. The van der Waals surface area contributed by atoms with Crippen LogP contribution in [-0.2, 0) is 14.8 Å². The van der Waals surface area contributed by atoms with Crippen LogP contribution in [-0.4, -0.2) is 43.7 Å². The number of anilines is 1. The Bertz CT molecular complexity index is 1100. The van der Waals surface area contributed by atoms with Gasteiger partial charge in [-0.15, -0.1) is 0 Å². The number of nitrogens with one attached hydrogen (secondary N) is 2. The summed E-state index contributed by atoms with van der Waals surface area (Å²) < 4.78 is 34.5. The summed E-state index contributed by atoms with van der Waals surface area (Å²) in [6.45, 7) is 1.85. The molecule has 33 heavy (non-hydrogen) atoms. The number of hydrogen-bond donors (Lipinski definition) is 3. The first-order chi connectivity index (χ1) is 15.8. The van der Waals surface area contributed by atoms with E-state index in [1.54, 1.807) is 18.2 Å². The van der Waals surface area contributed by atoms with E-state index in [-0.39, 0.29) is 34.6 Å². The highest BCUT2D eigenvalue weighted by atomic mass is 32.2. The van der Waals surface area contributed by atoms with Gasteiger partial charge in [0.1, 0.15) is 10.6 Å². The van der Waals surface area contributed by atoms with Gasteiger partial charge in [-0.25, -0.2) is 18.1 Å². The quantitative estimate of drug-likeness (QED) is 0.539. The number of aliphatic hydroxyl groups is 1. The number of rotatable bonds is 7. The summed E-state index contributed by atoms with van der Waals surface area (Å²) in [6, 6.07) is 4.83. The number of hydrogen-bond acceptors (Lipinski definition) is 7. The SMILES string of the molecule is COc1ccc(-c2sc(NC(=O)C3CCCC3)nc2C)cc1S(=O)(=O)N[C@H]1CC[C@H](O)CC1. The van der Waals surface area contributed by atoms with Gasteiger partial charge >= 0.3 is 0 Å². The second kappa shape index (κ2) is 10.1. The minimum Gasteiger partial charge on any atom is -0.495 e. The molecule has 2 aliphatic carbocycles. The molecular weight excluding hydrogens is 462 g/mol. The van der Waals surface area contributed by atoms with Crippen molar-refractivity contribution in [3.63, 3.8) is 0 Å². The Balaban J connectivity index is 1.57. The number of aryl methyl sites for hydroxylation is 1. The molecule has 1 heterocycles. The average molecular weight is 494 g/mol. The summed E-state index contributed by atoms with van der Waals surface area (Å²) in [5.74, 6) is 0.314. The van der Waals surface area contributed by atoms with Gasteiger partial charge in [0.05, 0.1) is 23.8 Å². The molecule has 180 valence electrons. The van der Waals surface area contributed by atoms with Gasteiger partial charge in [0.25, 0.3) is 0 Å². The molecule has 2 fully saturated rings. The molecule has 0 unspecified atom stereocenters. The van der Waals surface area contributed by atoms with E-state index in [2.05, 4.69) is 15.0 Å². The molecule has 4 rings (SSSR count). The Morgan fingerprint density at radius 1 is 1.15 bits per heavy atom. The van der Waals surface area contributed by atoms with Crippen LogP contribution < -0.4 is 14.8 Å². The average Bonchev–Trinajstić information content (AvgIpc) is 3.45. The van der Waals surface area contributed by atoms with E-state index in [1.165, 1.54) is 18.4 Å². The van der Waals surface area contributed by atoms with Crippen LogP contribution in [0.25, 0.3) is 10.4 Å². The molecule has 0 radical (unpaired) electrons. The van der Waals surface area contributed by atoms with Crippen LogP contribution in [0, 0.1) is 12.8 Å². The first-order valence-corrected chi connectivity index (χ1v) is 13.7. The third-order valence-electron chi connectivity index (χ3n) is 6.49. The number of methoxy groups -OCH3 is 1. The van der Waals surface area contributed by atoms with E-state index in [1.807, 2.05) is 6.92 Å². The van der Waals surface area contributed by atoms with Crippen LogP contribution in [0.4, 0.5) is 5.13 Å². The van der Waals surface area contributed by atoms with E-state index in [4.69, 9.17) is 4.74 Å². The molecule has 10 heteroatoms. The maximum Gasteiger partial charge on any atom is 0.244 e. The van der Waals surface area contributed by atoms with Crippen LogP contribution in [0.1, 0.15) is 57.1 Å². The Labute approximate surface area is 198 Å². The summed E-state index contributed by atoms with van der Waals surface area (Å²) in [7, 11) is -2.38. The van der Waals surface area contributed by atoms with E-state index in [0.29, 0.717) is 36.4 Å². The maximum absolute atomic E-state index is 13.2. The molecule has 0 saturated heterocycles. The van der Waals surface area contributed by atoms with Crippen molar-refractivity contribution in [2.45, 2.75) is 75.3 Å². The number of sulfonamides is 1. The van der Waals surface area contributed by atoms with Crippen LogP contribution in [0.15, 0.2) is 23.1 Å². The van der Waals surface area contributed by atoms with Gasteiger partial charge < -0.3 is 15.2 Å². The Kier molecular flexibility index (Phi) is 7.37. The summed E-state index contributed by atoms with van der Waals surface area (Å²) in [4.78, 5) is 17.9. The third kappa shape index (κ3) is 5.56. The van der Waals surface area contributed by atoms with Gasteiger partial charge in [0.2, 0.25) is 15.9 Å². The third-order valence-corrected chi connectivity index (χ3v) is 9.15. The van der Waals surface area contributed by atoms with Crippen molar-refractivity contribution in [1.29, 1.82) is 0 Å². The van der Waals surface area contributed by atoms with Crippen molar-refractivity contribution in [3.05, 3.63) is 23.9 Å². The monoisotopic (exact) mass is 493 g/mol. The molecule has 0 bridgehead atoms. The van der Waals surface area contributed by atoms with Crippen LogP contribution >= 0.6 is 11.3 Å². The number of thiazole rings is 1. The number of aliphatic hydroxyl groups excluding tert-OH is 1. The molecule has 2 aliphatic rings. The Morgan fingerprint density at radius 2 is 1.85 bits per heavy atom. The van der Waals surface area contributed by atoms with Gasteiger partial charge in [-0.3, -0.25) is 4.79 Å². The van der Waals surface area contributed by atoms with Crippen molar-refractivity contribution in [2.75, 3.05) is 12.4 Å². The van der Waals surface area contributed by atoms with Crippen LogP contribution in [0.2, 0.25) is 0 Å². The number of benzene rings is 1. The molecule has 3 N–H and O–H groups in total. The van der Waals surface area contributed by atoms with Gasteiger partial charge in [-0.1, -0.05) is 24.2 Å². The van der Waals surface area contributed by atoms with Crippen molar-refractivity contribution >= 4 is 32.4 Å². The molecule has 1 aromatic heterocycles. The fraction of sp³-hybridized carbons (Fsp3) is 0.565. The van der Waals surface area contributed by atoms with E-state index in [0.717, 1.165) is 36.3 Å². The molecular formula is C23H31N3O5S2. The largest absolute Gasteiger partial charge is 0.495 e. The Hall–Kier alpha value is -2.01. The van der Waals surface area contributed by atoms with E-state index < -0.39 is 10.0 Å².